The molecule has 0 atom stereocenters. The minimum absolute atomic E-state index is 0.736. The van der Waals surface area contributed by atoms with Crippen LogP contribution in [0.25, 0.3) is 0 Å². The zero-order valence-electron chi connectivity index (χ0n) is 8.59. The van der Waals surface area contributed by atoms with Gasteiger partial charge in [-0.25, -0.2) is 15.0 Å². The predicted molar refractivity (Wildman–Crippen MR) is 56.1 cm³/mol. The Morgan fingerprint density at radius 1 is 1.40 bits per heavy atom. The molecule has 0 radical (unpaired) electrons. The molecule has 0 fully saturated rings. The van der Waals surface area contributed by atoms with Crippen molar-refractivity contribution in [2.45, 2.75) is 13.1 Å². The van der Waals surface area contributed by atoms with Crippen LogP contribution in [0.3, 0.4) is 0 Å². The number of nitrogens with zero attached hydrogens (tertiary/aromatic N) is 4. The summed E-state index contributed by atoms with van der Waals surface area (Å²) in [6, 6.07) is 1.91. The first-order valence-corrected chi connectivity index (χ1v) is 4.78. The van der Waals surface area contributed by atoms with Gasteiger partial charge in [0, 0.05) is 18.9 Å². The van der Waals surface area contributed by atoms with Crippen molar-refractivity contribution in [2.24, 2.45) is 0 Å². The molecule has 0 aromatic carbocycles. The predicted octanol–water partition coefficient (Wildman–Crippen LogP) is 0.441. The van der Waals surface area contributed by atoms with Gasteiger partial charge in [-0.1, -0.05) is 0 Å². The van der Waals surface area contributed by atoms with Gasteiger partial charge in [0.05, 0.1) is 24.3 Å². The molecule has 0 bridgehead atoms. The van der Waals surface area contributed by atoms with Gasteiger partial charge < -0.3 is 9.88 Å². The number of rotatable bonds is 4. The van der Waals surface area contributed by atoms with Gasteiger partial charge in [-0.2, -0.15) is 0 Å². The Labute approximate surface area is 88.2 Å². The van der Waals surface area contributed by atoms with Crippen molar-refractivity contribution < 1.29 is 0 Å². The molecular weight excluding hydrogens is 190 g/mol. The van der Waals surface area contributed by atoms with E-state index in [4.69, 9.17) is 0 Å². The van der Waals surface area contributed by atoms with Gasteiger partial charge in [0.15, 0.2) is 0 Å². The summed E-state index contributed by atoms with van der Waals surface area (Å²) >= 11 is 0. The molecule has 0 aliphatic rings. The molecule has 0 amide bonds. The average molecular weight is 203 g/mol. The summed E-state index contributed by atoms with van der Waals surface area (Å²) in [4.78, 5) is 12.2. The largest absolute Gasteiger partial charge is 0.327 e. The first-order valence-electron chi connectivity index (χ1n) is 4.78. The van der Waals surface area contributed by atoms with E-state index in [0.29, 0.717) is 0 Å². The number of nitrogens with one attached hydrogen (secondary N) is 1. The van der Waals surface area contributed by atoms with Crippen LogP contribution in [-0.4, -0.2) is 26.6 Å². The SMILES string of the molecule is CNCc1cncn1Cc1ccncn1. The van der Waals surface area contributed by atoms with Crippen molar-refractivity contribution >= 4 is 0 Å². The number of aromatic nitrogens is 4. The van der Waals surface area contributed by atoms with E-state index in [2.05, 4.69) is 24.8 Å². The normalized spacial score (nSPS) is 10.5. The lowest BCUT2D eigenvalue weighted by Gasteiger charge is -2.06. The molecule has 5 nitrogen and oxygen atoms in total. The zero-order valence-corrected chi connectivity index (χ0v) is 8.59. The quantitative estimate of drug-likeness (QED) is 0.783. The highest BCUT2D eigenvalue weighted by atomic mass is 15.1. The second-order valence-electron chi connectivity index (χ2n) is 3.24. The van der Waals surface area contributed by atoms with Gasteiger partial charge in [0.1, 0.15) is 6.33 Å². The first kappa shape index (κ1) is 9.79. The Morgan fingerprint density at radius 2 is 2.33 bits per heavy atom. The molecule has 0 aliphatic heterocycles. The summed E-state index contributed by atoms with van der Waals surface area (Å²) in [6.45, 7) is 1.55. The lowest BCUT2D eigenvalue weighted by Crippen LogP contribution is -2.11. The lowest BCUT2D eigenvalue weighted by atomic mass is 10.4. The molecule has 0 unspecified atom stereocenters. The Bertz CT molecular complexity index is 409. The maximum absolute atomic E-state index is 4.17. The van der Waals surface area contributed by atoms with Crippen LogP contribution in [0.4, 0.5) is 0 Å². The first-order chi connectivity index (χ1) is 7.40. The van der Waals surface area contributed by atoms with E-state index >= 15 is 0 Å². The van der Waals surface area contributed by atoms with E-state index in [1.807, 2.05) is 25.6 Å². The van der Waals surface area contributed by atoms with E-state index in [1.54, 1.807) is 12.5 Å². The van der Waals surface area contributed by atoms with Crippen LogP contribution in [0.2, 0.25) is 0 Å². The van der Waals surface area contributed by atoms with Crippen LogP contribution in [0.1, 0.15) is 11.4 Å². The van der Waals surface area contributed by atoms with Crippen LogP contribution in [0, 0.1) is 0 Å². The fourth-order valence-corrected chi connectivity index (χ4v) is 1.40. The van der Waals surface area contributed by atoms with Gasteiger partial charge in [-0.15, -0.1) is 0 Å². The third kappa shape index (κ3) is 2.38. The smallest absolute Gasteiger partial charge is 0.115 e. The maximum atomic E-state index is 4.17. The lowest BCUT2D eigenvalue weighted by molar-refractivity contribution is 0.681. The maximum Gasteiger partial charge on any atom is 0.115 e. The van der Waals surface area contributed by atoms with E-state index in [1.165, 1.54) is 0 Å². The molecule has 2 rings (SSSR count). The van der Waals surface area contributed by atoms with E-state index in [-0.39, 0.29) is 0 Å². The minimum Gasteiger partial charge on any atom is -0.327 e. The average Bonchev–Trinajstić information content (AvgIpc) is 2.68. The summed E-state index contributed by atoms with van der Waals surface area (Å²) in [6.07, 6.45) is 6.98. The van der Waals surface area contributed by atoms with Crippen LogP contribution >= 0.6 is 0 Å². The molecule has 2 aromatic heterocycles. The van der Waals surface area contributed by atoms with E-state index in [0.717, 1.165) is 24.5 Å². The number of hydrogen-bond donors (Lipinski definition) is 1. The monoisotopic (exact) mass is 203 g/mol. The second-order valence-corrected chi connectivity index (χ2v) is 3.24. The molecule has 15 heavy (non-hydrogen) atoms. The van der Waals surface area contributed by atoms with Gasteiger partial charge in [0.2, 0.25) is 0 Å². The fourth-order valence-electron chi connectivity index (χ4n) is 1.40. The van der Waals surface area contributed by atoms with E-state index in [9.17, 15) is 0 Å². The Kier molecular flexibility index (Phi) is 3.04. The summed E-state index contributed by atoms with van der Waals surface area (Å²) < 4.78 is 2.07. The third-order valence-electron chi connectivity index (χ3n) is 2.13. The van der Waals surface area contributed by atoms with E-state index < -0.39 is 0 Å². The molecular formula is C10H13N5. The Hall–Kier alpha value is -1.75. The number of hydrogen-bond acceptors (Lipinski definition) is 4. The topological polar surface area (TPSA) is 55.6 Å². The third-order valence-corrected chi connectivity index (χ3v) is 2.13. The molecule has 78 valence electrons. The van der Waals surface area contributed by atoms with Gasteiger partial charge in [-0.3, -0.25) is 0 Å². The Morgan fingerprint density at radius 3 is 3.07 bits per heavy atom. The van der Waals surface area contributed by atoms with Gasteiger partial charge in [-0.05, 0) is 13.1 Å². The van der Waals surface area contributed by atoms with Crippen LogP contribution < -0.4 is 5.32 Å². The molecule has 0 spiro atoms. The summed E-state index contributed by atoms with van der Waals surface area (Å²) in [5.74, 6) is 0. The van der Waals surface area contributed by atoms with Crippen molar-refractivity contribution in [3.05, 3.63) is 42.5 Å². The highest BCUT2D eigenvalue weighted by Crippen LogP contribution is 2.02. The summed E-state index contributed by atoms with van der Waals surface area (Å²) in [5.41, 5.74) is 2.14. The van der Waals surface area contributed by atoms with Crippen molar-refractivity contribution in [1.29, 1.82) is 0 Å². The highest BCUT2D eigenvalue weighted by Gasteiger charge is 2.01. The van der Waals surface area contributed by atoms with Crippen LogP contribution in [0.15, 0.2) is 31.1 Å². The van der Waals surface area contributed by atoms with Crippen molar-refractivity contribution in [3.8, 4) is 0 Å². The fraction of sp³-hybridized carbons (Fsp3) is 0.300. The minimum atomic E-state index is 0.736. The Balaban J connectivity index is 2.14. The highest BCUT2D eigenvalue weighted by molar-refractivity contribution is 5.04. The number of imidazole rings is 1. The molecule has 0 saturated carbocycles. The second kappa shape index (κ2) is 4.65. The van der Waals surface area contributed by atoms with Gasteiger partial charge in [0.25, 0.3) is 0 Å². The van der Waals surface area contributed by atoms with Crippen LogP contribution in [0.5, 0.6) is 0 Å². The van der Waals surface area contributed by atoms with Crippen molar-refractivity contribution in [1.82, 2.24) is 24.8 Å². The molecule has 2 heterocycles. The molecule has 2 aromatic rings. The van der Waals surface area contributed by atoms with Crippen molar-refractivity contribution in [2.75, 3.05) is 7.05 Å². The summed E-state index contributed by atoms with van der Waals surface area (Å²) in [7, 11) is 1.92. The molecule has 0 aliphatic carbocycles. The summed E-state index contributed by atoms with van der Waals surface area (Å²) in [5, 5.41) is 3.10. The zero-order chi connectivity index (χ0) is 10.5. The van der Waals surface area contributed by atoms with Crippen molar-refractivity contribution in [3.63, 3.8) is 0 Å². The molecule has 5 heteroatoms. The van der Waals surface area contributed by atoms with Crippen LogP contribution in [-0.2, 0) is 13.1 Å². The van der Waals surface area contributed by atoms with Gasteiger partial charge >= 0.3 is 0 Å². The molecule has 1 N–H and O–H groups in total. The molecule has 0 saturated heterocycles. The standard InChI is InChI=1S/C10H13N5/c1-11-4-10-5-13-8-15(10)6-9-2-3-12-7-14-9/h2-3,5,7-8,11H,4,6H2,1H3.